The minimum absolute atomic E-state index is 0.336. The van der Waals surface area contributed by atoms with Crippen molar-refractivity contribution in [1.29, 1.82) is 0 Å². The lowest BCUT2D eigenvalue weighted by Crippen LogP contribution is -2.87. The largest absolute Gasteiger partial charge is 0.493 e. The second-order valence-corrected chi connectivity index (χ2v) is 6.69. The zero-order valence-corrected chi connectivity index (χ0v) is 15.1. The lowest BCUT2D eigenvalue weighted by Gasteiger charge is -2.26. The first-order valence-corrected chi connectivity index (χ1v) is 8.73. The van der Waals surface area contributed by atoms with Crippen LogP contribution in [0.4, 0.5) is 0 Å². The summed E-state index contributed by atoms with van der Waals surface area (Å²) in [6, 6.07) is 13.4. The van der Waals surface area contributed by atoms with Gasteiger partial charge in [0.15, 0.2) is 11.5 Å². The highest BCUT2D eigenvalue weighted by atomic mass is 127. The SMILES string of the molecule is CCOc1cc2c(cc1OC)[C@@H](c1cccc(I)c1)[NH2+]CC2. The summed E-state index contributed by atoms with van der Waals surface area (Å²) in [7, 11) is 1.71. The van der Waals surface area contributed by atoms with Crippen molar-refractivity contribution in [3.05, 3.63) is 56.7 Å². The minimum atomic E-state index is 0.336. The molecule has 1 heterocycles. The third-order valence-electron chi connectivity index (χ3n) is 4.08. The number of rotatable bonds is 4. The van der Waals surface area contributed by atoms with Gasteiger partial charge in [-0.1, -0.05) is 12.1 Å². The molecule has 4 heteroatoms. The standard InChI is InChI=1S/C18H20INO2/c1-3-22-17-10-12-7-8-20-18(15(12)11-16(17)21-2)13-5-4-6-14(19)9-13/h4-6,9-11,18,20H,3,7-8H2,1-2H3/p+1/t18-/m1/s1. The molecule has 0 saturated carbocycles. The van der Waals surface area contributed by atoms with Gasteiger partial charge >= 0.3 is 0 Å². The molecule has 0 radical (unpaired) electrons. The molecule has 0 spiro atoms. The van der Waals surface area contributed by atoms with Crippen LogP contribution in [0.1, 0.15) is 29.7 Å². The van der Waals surface area contributed by atoms with Gasteiger partial charge in [0.1, 0.15) is 6.04 Å². The van der Waals surface area contributed by atoms with Crippen LogP contribution in [0.25, 0.3) is 0 Å². The third kappa shape index (κ3) is 3.08. The molecule has 2 aromatic carbocycles. The summed E-state index contributed by atoms with van der Waals surface area (Å²) in [5.74, 6) is 1.68. The van der Waals surface area contributed by atoms with Crippen LogP contribution in [0.2, 0.25) is 0 Å². The molecule has 1 aliphatic heterocycles. The van der Waals surface area contributed by atoms with Gasteiger partial charge in [-0.25, -0.2) is 0 Å². The number of hydrogen-bond acceptors (Lipinski definition) is 2. The Morgan fingerprint density at radius 2 is 2.09 bits per heavy atom. The highest BCUT2D eigenvalue weighted by Crippen LogP contribution is 2.35. The van der Waals surface area contributed by atoms with Crippen molar-refractivity contribution >= 4 is 22.6 Å². The molecule has 2 aromatic rings. The molecule has 0 bridgehead atoms. The number of benzene rings is 2. The normalized spacial score (nSPS) is 17.0. The average Bonchev–Trinajstić information content (AvgIpc) is 2.54. The Kier molecular flexibility index (Phi) is 4.88. The highest BCUT2D eigenvalue weighted by Gasteiger charge is 2.27. The molecule has 0 amide bonds. The van der Waals surface area contributed by atoms with Crippen LogP contribution in [-0.4, -0.2) is 20.3 Å². The first kappa shape index (κ1) is 15.6. The number of quaternary nitrogens is 1. The topological polar surface area (TPSA) is 35.1 Å². The summed E-state index contributed by atoms with van der Waals surface area (Å²) in [6.45, 7) is 3.75. The van der Waals surface area contributed by atoms with Gasteiger partial charge in [-0.2, -0.15) is 0 Å². The third-order valence-corrected chi connectivity index (χ3v) is 4.76. The maximum Gasteiger partial charge on any atom is 0.161 e. The summed E-state index contributed by atoms with van der Waals surface area (Å²) in [5.41, 5.74) is 4.06. The minimum Gasteiger partial charge on any atom is -0.493 e. The van der Waals surface area contributed by atoms with E-state index >= 15 is 0 Å². The van der Waals surface area contributed by atoms with Crippen LogP contribution >= 0.6 is 22.6 Å². The molecular formula is C18H21INO2+. The van der Waals surface area contributed by atoms with E-state index < -0.39 is 0 Å². The monoisotopic (exact) mass is 410 g/mol. The molecule has 1 aliphatic rings. The van der Waals surface area contributed by atoms with Crippen molar-refractivity contribution in [3.8, 4) is 11.5 Å². The van der Waals surface area contributed by atoms with Gasteiger partial charge in [-0.15, -0.1) is 0 Å². The number of nitrogens with two attached hydrogens (primary N) is 1. The van der Waals surface area contributed by atoms with Crippen molar-refractivity contribution in [2.45, 2.75) is 19.4 Å². The predicted molar refractivity (Wildman–Crippen MR) is 95.7 cm³/mol. The maximum atomic E-state index is 5.72. The Morgan fingerprint density at radius 3 is 2.82 bits per heavy atom. The van der Waals surface area contributed by atoms with E-state index in [4.69, 9.17) is 9.47 Å². The first-order chi connectivity index (χ1) is 10.7. The van der Waals surface area contributed by atoms with Gasteiger partial charge in [0.25, 0.3) is 0 Å². The molecule has 3 nitrogen and oxygen atoms in total. The van der Waals surface area contributed by atoms with E-state index in [0.29, 0.717) is 12.6 Å². The fourth-order valence-electron chi connectivity index (χ4n) is 3.10. The Balaban J connectivity index is 2.05. The number of hydrogen-bond donors (Lipinski definition) is 1. The van der Waals surface area contributed by atoms with Crippen molar-refractivity contribution in [3.63, 3.8) is 0 Å². The van der Waals surface area contributed by atoms with Crippen LogP contribution in [0.5, 0.6) is 11.5 Å². The molecule has 0 fully saturated rings. The van der Waals surface area contributed by atoms with Crippen LogP contribution in [0.15, 0.2) is 36.4 Å². The number of halogens is 1. The predicted octanol–water partition coefficient (Wildman–Crippen LogP) is 2.91. The molecule has 116 valence electrons. The van der Waals surface area contributed by atoms with E-state index in [1.54, 1.807) is 7.11 Å². The van der Waals surface area contributed by atoms with E-state index in [0.717, 1.165) is 24.5 Å². The molecule has 2 N–H and O–H groups in total. The molecule has 0 unspecified atom stereocenters. The quantitative estimate of drug-likeness (QED) is 0.787. The molecular weight excluding hydrogens is 389 g/mol. The lowest BCUT2D eigenvalue weighted by atomic mass is 9.89. The summed E-state index contributed by atoms with van der Waals surface area (Å²) < 4.78 is 12.5. The molecule has 0 aromatic heterocycles. The molecule has 22 heavy (non-hydrogen) atoms. The van der Waals surface area contributed by atoms with Crippen molar-refractivity contribution in [2.75, 3.05) is 20.3 Å². The Labute approximate surface area is 145 Å². The van der Waals surface area contributed by atoms with Crippen molar-refractivity contribution in [2.24, 2.45) is 0 Å². The van der Waals surface area contributed by atoms with Gasteiger partial charge in [-0.05, 0) is 59.3 Å². The zero-order chi connectivity index (χ0) is 15.5. The van der Waals surface area contributed by atoms with E-state index in [9.17, 15) is 0 Å². The van der Waals surface area contributed by atoms with Crippen LogP contribution in [-0.2, 0) is 6.42 Å². The van der Waals surface area contributed by atoms with Gasteiger partial charge in [0, 0.05) is 21.1 Å². The number of methoxy groups -OCH3 is 1. The van der Waals surface area contributed by atoms with Crippen molar-refractivity contribution in [1.82, 2.24) is 0 Å². The fraction of sp³-hybridized carbons (Fsp3) is 0.333. The van der Waals surface area contributed by atoms with Gasteiger partial charge < -0.3 is 14.8 Å². The van der Waals surface area contributed by atoms with Gasteiger partial charge in [0.2, 0.25) is 0 Å². The van der Waals surface area contributed by atoms with Crippen LogP contribution < -0.4 is 14.8 Å². The Hall–Kier alpha value is -1.27. The Morgan fingerprint density at radius 1 is 1.23 bits per heavy atom. The van der Waals surface area contributed by atoms with Crippen molar-refractivity contribution < 1.29 is 14.8 Å². The van der Waals surface area contributed by atoms with E-state index in [1.165, 1.54) is 20.3 Å². The zero-order valence-electron chi connectivity index (χ0n) is 12.9. The lowest BCUT2D eigenvalue weighted by molar-refractivity contribution is -0.690. The molecule has 0 aliphatic carbocycles. The molecule has 1 atom stereocenters. The van der Waals surface area contributed by atoms with E-state index in [1.807, 2.05) is 6.92 Å². The average molecular weight is 410 g/mol. The number of ether oxygens (including phenoxy) is 2. The fourth-order valence-corrected chi connectivity index (χ4v) is 3.67. The second-order valence-electron chi connectivity index (χ2n) is 5.44. The molecule has 3 rings (SSSR count). The van der Waals surface area contributed by atoms with Gasteiger partial charge in [0.05, 0.1) is 20.3 Å². The van der Waals surface area contributed by atoms with E-state index in [2.05, 4.69) is 64.3 Å². The van der Waals surface area contributed by atoms with E-state index in [-0.39, 0.29) is 0 Å². The van der Waals surface area contributed by atoms with Crippen LogP contribution in [0, 0.1) is 3.57 Å². The second kappa shape index (κ2) is 6.87. The van der Waals surface area contributed by atoms with Crippen LogP contribution in [0.3, 0.4) is 0 Å². The Bertz CT molecular complexity index is 672. The highest BCUT2D eigenvalue weighted by molar-refractivity contribution is 14.1. The first-order valence-electron chi connectivity index (χ1n) is 7.65. The molecule has 0 saturated heterocycles. The smallest absolute Gasteiger partial charge is 0.161 e. The van der Waals surface area contributed by atoms with Gasteiger partial charge in [-0.3, -0.25) is 0 Å². The number of fused-ring (bicyclic) bond motifs is 1. The summed E-state index contributed by atoms with van der Waals surface area (Å²) in [4.78, 5) is 0. The summed E-state index contributed by atoms with van der Waals surface area (Å²) in [6.07, 6.45) is 1.07. The summed E-state index contributed by atoms with van der Waals surface area (Å²) >= 11 is 2.37. The maximum absolute atomic E-state index is 5.72. The summed E-state index contributed by atoms with van der Waals surface area (Å²) in [5, 5.41) is 2.41.